The fourth-order valence-corrected chi connectivity index (χ4v) is 4.56. The summed E-state index contributed by atoms with van der Waals surface area (Å²) in [5, 5.41) is 5.02. The Kier molecular flexibility index (Phi) is 6.62. The van der Waals surface area contributed by atoms with E-state index in [0.29, 0.717) is 21.3 Å². The largest absolute Gasteiger partial charge is 0.353 e. The Morgan fingerprint density at radius 1 is 1.15 bits per heavy atom. The Morgan fingerprint density at radius 2 is 1.91 bits per heavy atom. The minimum absolute atomic E-state index is 0.205. The maximum Gasteiger partial charge on any atom is 0.263 e. The van der Waals surface area contributed by atoms with Crippen LogP contribution < -0.4 is 10.9 Å². The summed E-state index contributed by atoms with van der Waals surface area (Å²) in [6, 6.07) is 11.9. The van der Waals surface area contributed by atoms with E-state index in [1.54, 1.807) is 29.6 Å². The summed E-state index contributed by atoms with van der Waals surface area (Å²) in [6.07, 6.45) is 1.35. The van der Waals surface area contributed by atoms with Gasteiger partial charge in [0, 0.05) is 17.5 Å². The molecule has 0 radical (unpaired) electrons. The third kappa shape index (κ3) is 4.99. The SMILES string of the molecule is CN(C)[C@@H](CNC(=O)Cn1cnc2scc(-c3ccc(F)cc3)c2c1=O)c1cccc(F)c1. The molecule has 33 heavy (non-hydrogen) atoms. The van der Waals surface area contributed by atoms with Gasteiger partial charge in [-0.05, 0) is 49.5 Å². The third-order valence-corrected chi connectivity index (χ3v) is 6.27. The number of hydrogen-bond acceptors (Lipinski definition) is 5. The molecule has 0 fully saturated rings. The van der Waals surface area contributed by atoms with E-state index in [1.807, 2.05) is 19.0 Å². The van der Waals surface area contributed by atoms with Crippen LogP contribution in [0.3, 0.4) is 0 Å². The zero-order valence-corrected chi connectivity index (χ0v) is 18.9. The first-order chi connectivity index (χ1) is 15.8. The van der Waals surface area contributed by atoms with Crippen LogP contribution in [-0.2, 0) is 11.3 Å². The van der Waals surface area contributed by atoms with Crippen LogP contribution in [0.5, 0.6) is 0 Å². The molecule has 0 aliphatic rings. The molecule has 0 unspecified atom stereocenters. The number of nitrogens with zero attached hydrogens (tertiary/aromatic N) is 3. The van der Waals surface area contributed by atoms with Gasteiger partial charge in [0.05, 0.1) is 17.8 Å². The Morgan fingerprint density at radius 3 is 2.61 bits per heavy atom. The third-order valence-electron chi connectivity index (χ3n) is 5.38. The van der Waals surface area contributed by atoms with Crippen LogP contribution in [0.2, 0.25) is 0 Å². The average molecular weight is 469 g/mol. The highest BCUT2D eigenvalue weighted by molar-refractivity contribution is 7.17. The lowest BCUT2D eigenvalue weighted by Gasteiger charge is -2.25. The van der Waals surface area contributed by atoms with Gasteiger partial charge in [-0.3, -0.25) is 14.2 Å². The van der Waals surface area contributed by atoms with Crippen molar-refractivity contribution >= 4 is 27.5 Å². The lowest BCUT2D eigenvalue weighted by molar-refractivity contribution is -0.121. The van der Waals surface area contributed by atoms with Crippen molar-refractivity contribution in [2.75, 3.05) is 20.6 Å². The number of thiophene rings is 1. The second-order valence-electron chi connectivity index (χ2n) is 7.85. The van der Waals surface area contributed by atoms with E-state index in [4.69, 9.17) is 0 Å². The number of carbonyl (C=O) groups is 1. The van der Waals surface area contributed by atoms with Crippen LogP contribution in [-0.4, -0.2) is 41.0 Å². The topological polar surface area (TPSA) is 67.2 Å². The molecule has 1 atom stereocenters. The van der Waals surface area contributed by atoms with E-state index in [9.17, 15) is 18.4 Å². The molecule has 4 aromatic rings. The molecule has 6 nitrogen and oxygen atoms in total. The van der Waals surface area contributed by atoms with Gasteiger partial charge in [0.25, 0.3) is 5.56 Å². The van der Waals surface area contributed by atoms with Crippen LogP contribution in [0.4, 0.5) is 8.78 Å². The first-order valence-electron chi connectivity index (χ1n) is 10.2. The summed E-state index contributed by atoms with van der Waals surface area (Å²) in [4.78, 5) is 32.5. The number of hydrogen-bond donors (Lipinski definition) is 1. The fourth-order valence-electron chi connectivity index (χ4n) is 3.66. The predicted octanol–water partition coefficient (Wildman–Crippen LogP) is 3.82. The van der Waals surface area contributed by atoms with E-state index in [-0.39, 0.29) is 42.2 Å². The van der Waals surface area contributed by atoms with Gasteiger partial charge in [-0.25, -0.2) is 13.8 Å². The van der Waals surface area contributed by atoms with Gasteiger partial charge in [0.15, 0.2) is 0 Å². The standard InChI is InChI=1S/C24H22F2N4O2S/c1-29(2)20(16-4-3-5-18(26)10-16)11-27-21(31)12-30-14-28-23-22(24(30)32)19(13-33-23)15-6-8-17(25)9-7-15/h3-10,13-14,20H,11-12H2,1-2H3,(H,27,31)/t20-/m0/s1. The zero-order chi connectivity index (χ0) is 23.5. The van der Waals surface area contributed by atoms with Gasteiger partial charge in [0.1, 0.15) is 23.0 Å². The van der Waals surface area contributed by atoms with Crippen molar-refractivity contribution in [1.82, 2.24) is 19.8 Å². The summed E-state index contributed by atoms with van der Waals surface area (Å²) >= 11 is 1.32. The minimum atomic E-state index is -0.361. The number of benzene rings is 2. The Labute approximate surface area is 193 Å². The molecule has 2 aromatic heterocycles. The molecule has 1 amide bonds. The molecule has 170 valence electrons. The molecule has 9 heteroatoms. The monoisotopic (exact) mass is 468 g/mol. The van der Waals surface area contributed by atoms with E-state index in [2.05, 4.69) is 10.3 Å². The summed E-state index contributed by atoms with van der Waals surface area (Å²) in [7, 11) is 3.69. The molecule has 2 heterocycles. The first-order valence-corrected chi connectivity index (χ1v) is 11.1. The Hall–Kier alpha value is -3.43. The molecule has 0 aliphatic heterocycles. The minimum Gasteiger partial charge on any atom is -0.353 e. The molecule has 0 saturated heterocycles. The highest BCUT2D eigenvalue weighted by atomic mass is 32.1. The van der Waals surface area contributed by atoms with Crippen molar-refractivity contribution in [1.29, 1.82) is 0 Å². The van der Waals surface area contributed by atoms with Gasteiger partial charge in [-0.2, -0.15) is 0 Å². The summed E-state index contributed by atoms with van der Waals surface area (Å²) in [5.74, 6) is -1.07. The van der Waals surface area contributed by atoms with Crippen molar-refractivity contribution in [3.63, 3.8) is 0 Å². The maximum atomic E-state index is 13.6. The van der Waals surface area contributed by atoms with Gasteiger partial charge in [-0.1, -0.05) is 24.3 Å². The molecule has 0 saturated carbocycles. The van der Waals surface area contributed by atoms with Gasteiger partial charge in [0.2, 0.25) is 5.91 Å². The van der Waals surface area contributed by atoms with Crippen LogP contribution in [0.1, 0.15) is 11.6 Å². The quantitative estimate of drug-likeness (QED) is 0.448. The Balaban J connectivity index is 1.53. The molecule has 1 N–H and O–H groups in total. The lowest BCUT2D eigenvalue weighted by atomic mass is 10.1. The number of amides is 1. The zero-order valence-electron chi connectivity index (χ0n) is 18.1. The normalized spacial score (nSPS) is 12.3. The Bertz CT molecular complexity index is 1350. The van der Waals surface area contributed by atoms with E-state index >= 15 is 0 Å². The van der Waals surface area contributed by atoms with Crippen molar-refractivity contribution < 1.29 is 13.6 Å². The average Bonchev–Trinajstić information content (AvgIpc) is 3.21. The van der Waals surface area contributed by atoms with E-state index in [0.717, 1.165) is 5.56 Å². The van der Waals surface area contributed by atoms with Crippen molar-refractivity contribution in [2.24, 2.45) is 0 Å². The van der Waals surface area contributed by atoms with Crippen LogP contribution in [0, 0.1) is 11.6 Å². The maximum absolute atomic E-state index is 13.6. The number of rotatable bonds is 7. The molecule has 4 rings (SSSR count). The van der Waals surface area contributed by atoms with Gasteiger partial charge in [-0.15, -0.1) is 11.3 Å². The molecule has 2 aromatic carbocycles. The van der Waals surface area contributed by atoms with E-state index in [1.165, 1.54) is 46.5 Å². The number of likely N-dealkylation sites (N-methyl/N-ethyl adjacent to an activating group) is 1. The summed E-state index contributed by atoms with van der Waals surface area (Å²) in [5.41, 5.74) is 1.75. The fraction of sp³-hybridized carbons (Fsp3) is 0.208. The smallest absolute Gasteiger partial charge is 0.263 e. The lowest BCUT2D eigenvalue weighted by Crippen LogP contribution is -2.37. The highest BCUT2D eigenvalue weighted by Crippen LogP contribution is 2.30. The summed E-state index contributed by atoms with van der Waals surface area (Å²) in [6.45, 7) is 0.0444. The van der Waals surface area contributed by atoms with Crippen molar-refractivity contribution in [3.8, 4) is 11.1 Å². The van der Waals surface area contributed by atoms with Crippen LogP contribution in [0.15, 0.2) is 65.0 Å². The van der Waals surface area contributed by atoms with Crippen molar-refractivity contribution in [2.45, 2.75) is 12.6 Å². The number of halogens is 2. The first kappa shape index (κ1) is 22.8. The number of aromatic nitrogens is 2. The second-order valence-corrected chi connectivity index (χ2v) is 8.71. The number of fused-ring (bicyclic) bond motifs is 1. The van der Waals surface area contributed by atoms with Gasteiger partial charge >= 0.3 is 0 Å². The van der Waals surface area contributed by atoms with Crippen LogP contribution >= 0.6 is 11.3 Å². The second kappa shape index (κ2) is 9.60. The van der Waals surface area contributed by atoms with Gasteiger partial charge < -0.3 is 10.2 Å². The molecule has 0 aliphatic carbocycles. The molecule has 0 spiro atoms. The number of nitrogens with one attached hydrogen (secondary N) is 1. The summed E-state index contributed by atoms with van der Waals surface area (Å²) < 4.78 is 28.2. The van der Waals surface area contributed by atoms with E-state index < -0.39 is 0 Å². The van der Waals surface area contributed by atoms with Crippen molar-refractivity contribution in [3.05, 3.63) is 87.8 Å². The predicted molar refractivity (Wildman–Crippen MR) is 125 cm³/mol. The number of carbonyl (C=O) groups excluding carboxylic acids is 1. The molecular formula is C24H22F2N4O2S. The highest BCUT2D eigenvalue weighted by Gasteiger charge is 2.18. The van der Waals surface area contributed by atoms with Crippen LogP contribution in [0.25, 0.3) is 21.3 Å². The molecule has 0 bridgehead atoms. The molecular weight excluding hydrogens is 446 g/mol.